The first kappa shape index (κ1) is 17.9. The van der Waals surface area contributed by atoms with E-state index in [1.807, 2.05) is 24.3 Å². The van der Waals surface area contributed by atoms with Crippen molar-refractivity contribution in [2.45, 2.75) is 13.3 Å². The van der Waals surface area contributed by atoms with Crippen LogP contribution in [0.3, 0.4) is 0 Å². The molecule has 0 fully saturated rings. The van der Waals surface area contributed by atoms with E-state index < -0.39 is 16.7 Å². The molecule has 2 aromatic rings. The van der Waals surface area contributed by atoms with Gasteiger partial charge in [0.1, 0.15) is 0 Å². The fourth-order valence-electron chi connectivity index (χ4n) is 2.00. The number of aryl methyl sites for hydroxylation is 1. The third-order valence-electron chi connectivity index (χ3n) is 3.45. The predicted molar refractivity (Wildman–Crippen MR) is 93.6 cm³/mol. The van der Waals surface area contributed by atoms with Gasteiger partial charge in [0.15, 0.2) is 0 Å². The summed E-state index contributed by atoms with van der Waals surface area (Å²) in [5.41, 5.74) is 6.66. The number of rotatable bonds is 5. The smallest absolute Gasteiger partial charge is 0.268 e. The lowest BCUT2D eigenvalue weighted by Crippen LogP contribution is -2.40. The average Bonchev–Trinajstić information content (AvgIpc) is 2.64. The highest BCUT2D eigenvalue weighted by atomic mass is 16.6. The quantitative estimate of drug-likeness (QED) is 0.497. The van der Waals surface area contributed by atoms with Crippen LogP contribution in [0.15, 0.2) is 54.6 Å². The van der Waals surface area contributed by atoms with Crippen LogP contribution in [0.1, 0.15) is 28.4 Å². The second-order valence-corrected chi connectivity index (χ2v) is 5.18. The third-order valence-corrected chi connectivity index (χ3v) is 3.45. The molecule has 0 heterocycles. The first-order valence-corrected chi connectivity index (χ1v) is 7.61. The highest BCUT2D eigenvalue weighted by Crippen LogP contribution is 2.11. The van der Waals surface area contributed by atoms with Crippen LogP contribution >= 0.6 is 0 Å². The zero-order chi connectivity index (χ0) is 18.2. The molecule has 2 amide bonds. The molecule has 0 aliphatic heterocycles. The number of carbonyl (C=O) groups is 2. The number of nitro benzene ring substituents is 1. The molecule has 0 unspecified atom stereocenters. The lowest BCUT2D eigenvalue weighted by atomic mass is 10.1. The van der Waals surface area contributed by atoms with Crippen molar-refractivity contribution >= 4 is 23.6 Å². The van der Waals surface area contributed by atoms with Crippen LogP contribution < -0.4 is 10.9 Å². The van der Waals surface area contributed by atoms with Crippen molar-refractivity contribution in [2.75, 3.05) is 0 Å². The van der Waals surface area contributed by atoms with Crippen molar-refractivity contribution in [3.8, 4) is 0 Å². The molecule has 0 saturated heterocycles. The number of non-ortho nitro benzene ring substituents is 1. The number of hydrogen-bond acceptors (Lipinski definition) is 4. The summed E-state index contributed by atoms with van der Waals surface area (Å²) in [5.74, 6) is -1.06. The third kappa shape index (κ3) is 5.28. The summed E-state index contributed by atoms with van der Waals surface area (Å²) >= 11 is 0. The highest BCUT2D eigenvalue weighted by molar-refractivity contribution is 5.98. The number of nitrogens with one attached hydrogen (secondary N) is 2. The zero-order valence-electron chi connectivity index (χ0n) is 13.6. The molecule has 0 aliphatic carbocycles. The van der Waals surface area contributed by atoms with Gasteiger partial charge in [0.2, 0.25) is 0 Å². The fraction of sp³-hybridized carbons (Fsp3) is 0.111. The standard InChI is InChI=1S/C18H17N3O4/c1-2-13-3-5-14(6-4-13)7-12-17(22)19-20-18(23)15-8-10-16(11-9-15)21(24)25/h3-12H,2H2,1H3,(H,19,22)(H,20,23)/b12-7+. The molecule has 0 atom stereocenters. The van der Waals surface area contributed by atoms with E-state index in [1.54, 1.807) is 6.08 Å². The summed E-state index contributed by atoms with van der Waals surface area (Å²) in [6.07, 6.45) is 3.88. The number of nitrogens with zero attached hydrogens (tertiary/aromatic N) is 1. The van der Waals surface area contributed by atoms with Crippen LogP contribution in [0, 0.1) is 10.1 Å². The molecule has 0 radical (unpaired) electrons. The Bertz CT molecular complexity index is 796. The van der Waals surface area contributed by atoms with Gasteiger partial charge in [-0.25, -0.2) is 0 Å². The second kappa shape index (κ2) is 8.39. The van der Waals surface area contributed by atoms with E-state index >= 15 is 0 Å². The summed E-state index contributed by atoms with van der Waals surface area (Å²) in [6, 6.07) is 12.8. The largest absolute Gasteiger partial charge is 0.269 e. The van der Waals surface area contributed by atoms with Crippen molar-refractivity contribution in [1.29, 1.82) is 0 Å². The van der Waals surface area contributed by atoms with E-state index in [2.05, 4.69) is 17.8 Å². The molecule has 25 heavy (non-hydrogen) atoms. The molecule has 2 aromatic carbocycles. The van der Waals surface area contributed by atoms with E-state index in [0.717, 1.165) is 12.0 Å². The van der Waals surface area contributed by atoms with E-state index in [4.69, 9.17) is 0 Å². The fourth-order valence-corrected chi connectivity index (χ4v) is 2.00. The summed E-state index contributed by atoms with van der Waals surface area (Å²) in [7, 11) is 0. The predicted octanol–water partition coefficient (Wildman–Crippen LogP) is 2.63. The van der Waals surface area contributed by atoms with Gasteiger partial charge in [-0.15, -0.1) is 0 Å². The van der Waals surface area contributed by atoms with Crippen molar-refractivity contribution in [1.82, 2.24) is 10.9 Å². The molecule has 7 heteroatoms. The number of hydrazine groups is 1. The molecular formula is C18H17N3O4. The number of hydrogen-bond donors (Lipinski definition) is 2. The maximum atomic E-state index is 11.9. The lowest BCUT2D eigenvalue weighted by molar-refractivity contribution is -0.384. The molecule has 0 bridgehead atoms. The topological polar surface area (TPSA) is 101 Å². The summed E-state index contributed by atoms with van der Waals surface area (Å²) < 4.78 is 0. The van der Waals surface area contributed by atoms with Gasteiger partial charge in [0, 0.05) is 23.8 Å². The maximum absolute atomic E-state index is 11.9. The van der Waals surface area contributed by atoms with Crippen molar-refractivity contribution < 1.29 is 14.5 Å². The van der Waals surface area contributed by atoms with Crippen LogP contribution in [0.25, 0.3) is 6.08 Å². The minimum atomic E-state index is -0.566. The van der Waals surface area contributed by atoms with Gasteiger partial charge in [-0.1, -0.05) is 31.2 Å². The minimum Gasteiger partial charge on any atom is -0.268 e. The Kier molecular flexibility index (Phi) is 6.00. The second-order valence-electron chi connectivity index (χ2n) is 5.18. The molecule has 2 N–H and O–H groups in total. The van der Waals surface area contributed by atoms with E-state index in [9.17, 15) is 19.7 Å². The molecular weight excluding hydrogens is 322 g/mol. The van der Waals surface area contributed by atoms with Crippen LogP contribution in [-0.4, -0.2) is 16.7 Å². The molecule has 2 rings (SSSR count). The van der Waals surface area contributed by atoms with Crippen molar-refractivity contribution in [3.63, 3.8) is 0 Å². The Morgan fingerprint density at radius 3 is 2.24 bits per heavy atom. The van der Waals surface area contributed by atoms with Gasteiger partial charge < -0.3 is 0 Å². The van der Waals surface area contributed by atoms with Crippen LogP contribution in [-0.2, 0) is 11.2 Å². The van der Waals surface area contributed by atoms with Gasteiger partial charge in [-0.2, -0.15) is 0 Å². The zero-order valence-corrected chi connectivity index (χ0v) is 13.6. The number of benzene rings is 2. The molecule has 0 spiro atoms. The minimum absolute atomic E-state index is 0.113. The Morgan fingerprint density at radius 2 is 1.68 bits per heavy atom. The van der Waals surface area contributed by atoms with Crippen molar-refractivity contribution in [3.05, 3.63) is 81.4 Å². The summed E-state index contributed by atoms with van der Waals surface area (Å²) in [4.78, 5) is 33.6. The van der Waals surface area contributed by atoms with Crippen LogP contribution in [0.4, 0.5) is 5.69 Å². The van der Waals surface area contributed by atoms with Crippen LogP contribution in [0.2, 0.25) is 0 Å². The van der Waals surface area contributed by atoms with Crippen molar-refractivity contribution in [2.24, 2.45) is 0 Å². The molecule has 128 valence electrons. The monoisotopic (exact) mass is 339 g/mol. The number of amides is 2. The Hall–Kier alpha value is -3.48. The normalized spacial score (nSPS) is 10.4. The molecule has 0 saturated carbocycles. The van der Waals surface area contributed by atoms with E-state index in [-0.39, 0.29) is 11.3 Å². The Labute approximate surface area is 144 Å². The highest BCUT2D eigenvalue weighted by Gasteiger charge is 2.09. The lowest BCUT2D eigenvalue weighted by Gasteiger charge is -2.05. The van der Waals surface area contributed by atoms with Gasteiger partial charge in [0.25, 0.3) is 17.5 Å². The SMILES string of the molecule is CCc1ccc(/C=C/C(=O)NNC(=O)c2ccc([N+](=O)[O-])cc2)cc1. The van der Waals surface area contributed by atoms with Gasteiger partial charge >= 0.3 is 0 Å². The first-order chi connectivity index (χ1) is 12.0. The summed E-state index contributed by atoms with van der Waals surface area (Å²) in [5, 5.41) is 10.6. The summed E-state index contributed by atoms with van der Waals surface area (Å²) in [6.45, 7) is 2.06. The Morgan fingerprint density at radius 1 is 1.04 bits per heavy atom. The number of carbonyl (C=O) groups excluding carboxylic acids is 2. The van der Waals surface area contributed by atoms with Gasteiger partial charge in [-0.3, -0.25) is 30.6 Å². The molecule has 7 nitrogen and oxygen atoms in total. The molecule has 0 aliphatic rings. The number of nitro groups is 1. The van der Waals surface area contributed by atoms with E-state index in [1.165, 1.54) is 35.9 Å². The van der Waals surface area contributed by atoms with Gasteiger partial charge in [-0.05, 0) is 35.8 Å². The molecule has 0 aromatic heterocycles. The van der Waals surface area contributed by atoms with Gasteiger partial charge in [0.05, 0.1) is 4.92 Å². The first-order valence-electron chi connectivity index (χ1n) is 7.61. The Balaban J connectivity index is 1.86. The maximum Gasteiger partial charge on any atom is 0.269 e. The van der Waals surface area contributed by atoms with Crippen LogP contribution in [0.5, 0.6) is 0 Å². The average molecular weight is 339 g/mol. The van der Waals surface area contributed by atoms with E-state index in [0.29, 0.717) is 0 Å².